The molecular weight excluding hydrogens is 199 g/mol. The van der Waals surface area contributed by atoms with Crippen LogP contribution < -0.4 is 0 Å². The van der Waals surface area contributed by atoms with Crippen molar-refractivity contribution in [3.8, 4) is 0 Å². The third kappa shape index (κ3) is 5.83. The molecule has 0 aliphatic heterocycles. The van der Waals surface area contributed by atoms with Gasteiger partial charge in [0.15, 0.2) is 0 Å². The van der Waals surface area contributed by atoms with Crippen LogP contribution in [0.3, 0.4) is 0 Å². The van der Waals surface area contributed by atoms with Crippen molar-refractivity contribution in [3.63, 3.8) is 0 Å². The summed E-state index contributed by atoms with van der Waals surface area (Å²) in [6, 6.07) is 10.0. The van der Waals surface area contributed by atoms with Crippen LogP contribution in [0.15, 0.2) is 30.3 Å². The molecule has 0 saturated carbocycles. The number of hydrogen-bond donors (Lipinski definition) is 0. The van der Waals surface area contributed by atoms with Crippen LogP contribution in [-0.2, 0) is 18.1 Å². The van der Waals surface area contributed by atoms with Crippen molar-refractivity contribution in [1.29, 1.82) is 0 Å². The molecule has 0 fully saturated rings. The second-order valence-corrected chi connectivity index (χ2v) is 1.26. The Morgan fingerprint density at radius 2 is 1.50 bits per heavy atom. The van der Waals surface area contributed by atoms with E-state index in [2.05, 4.69) is 0 Å². The molecule has 0 saturated heterocycles. The average Bonchev–Trinajstić information content (AvgIpc) is 2.17. The standard InChI is InChI=1S/C5H5.2FH.Ru/c1-2-4-5-3-1;;;/h1-5H;2*1H;/q-1;;;+2/p-2. The van der Waals surface area contributed by atoms with Crippen molar-refractivity contribution in [3.05, 3.63) is 30.3 Å². The zero-order valence-corrected chi connectivity index (χ0v) is 5.73. The molecule has 0 atom stereocenters. The predicted molar refractivity (Wildman–Crippen MR) is 24.3 cm³/mol. The third-order valence-electron chi connectivity index (χ3n) is 0.556. The van der Waals surface area contributed by atoms with E-state index in [4.69, 9.17) is 0 Å². The maximum atomic E-state index is 9.72. The fraction of sp³-hybridized carbons (Fsp3) is 0. The Morgan fingerprint density at radius 1 is 1.12 bits per heavy atom. The summed E-state index contributed by atoms with van der Waals surface area (Å²) in [5.41, 5.74) is 0. The summed E-state index contributed by atoms with van der Waals surface area (Å²) in [5, 5.41) is 0. The summed E-state index contributed by atoms with van der Waals surface area (Å²) in [4.78, 5) is 0. The second-order valence-electron chi connectivity index (χ2n) is 1.01. The van der Waals surface area contributed by atoms with E-state index in [1.54, 1.807) is 0 Å². The summed E-state index contributed by atoms with van der Waals surface area (Å²) in [6.45, 7) is 0. The molecule has 0 radical (unpaired) electrons. The van der Waals surface area contributed by atoms with E-state index < -0.39 is 18.1 Å². The largest absolute Gasteiger partial charge is 0.214 e. The van der Waals surface area contributed by atoms with Crippen LogP contribution in [0.4, 0.5) is 6.63 Å². The molecule has 0 aliphatic rings. The summed E-state index contributed by atoms with van der Waals surface area (Å²) < 4.78 is 19.4. The van der Waals surface area contributed by atoms with Crippen molar-refractivity contribution in [2.45, 2.75) is 0 Å². The minimum Gasteiger partial charge on any atom is -0.214 e. The van der Waals surface area contributed by atoms with Crippen LogP contribution in [0.5, 0.6) is 0 Å². The molecule has 0 aromatic heterocycles. The molecule has 3 heteroatoms. The van der Waals surface area contributed by atoms with Gasteiger partial charge < -0.3 is 0 Å². The number of rotatable bonds is 0. The molecule has 0 heterocycles. The van der Waals surface area contributed by atoms with E-state index in [0.29, 0.717) is 0 Å². The number of halogens is 2. The Labute approximate surface area is 55.6 Å². The smallest absolute Gasteiger partial charge is 0.172 e. The minimum absolute atomic E-state index is 2.00. The van der Waals surface area contributed by atoms with Crippen molar-refractivity contribution < 1.29 is 24.8 Å². The molecule has 0 amide bonds. The zero-order chi connectivity index (χ0) is 6.24. The van der Waals surface area contributed by atoms with Crippen molar-refractivity contribution >= 4 is 0 Å². The van der Waals surface area contributed by atoms with Crippen LogP contribution >= 0.6 is 0 Å². The van der Waals surface area contributed by atoms with Gasteiger partial charge >= 0.3 is 24.8 Å². The van der Waals surface area contributed by atoms with E-state index in [1.165, 1.54) is 0 Å². The molecule has 1 aromatic carbocycles. The fourth-order valence-corrected chi connectivity index (χ4v) is 0.321. The van der Waals surface area contributed by atoms with E-state index in [-0.39, 0.29) is 0 Å². The van der Waals surface area contributed by atoms with Gasteiger partial charge in [-0.25, -0.2) is 12.1 Å². The SMILES string of the molecule is [F][Ru][F].c1cc[cH-]c1. The topological polar surface area (TPSA) is 0 Å². The molecule has 1 rings (SSSR count). The van der Waals surface area contributed by atoms with Gasteiger partial charge in [-0.2, -0.15) is 18.2 Å². The maximum absolute atomic E-state index is 9.72. The minimum atomic E-state index is -2.29. The van der Waals surface area contributed by atoms with Crippen LogP contribution in [0.2, 0.25) is 0 Å². The van der Waals surface area contributed by atoms with Gasteiger partial charge in [-0.05, 0) is 0 Å². The van der Waals surface area contributed by atoms with Gasteiger partial charge in [-0.3, -0.25) is 0 Å². The van der Waals surface area contributed by atoms with Crippen LogP contribution in [0.25, 0.3) is 0 Å². The van der Waals surface area contributed by atoms with Crippen LogP contribution in [-0.4, -0.2) is 0 Å². The summed E-state index contributed by atoms with van der Waals surface area (Å²) in [5.74, 6) is 0. The molecule has 8 heavy (non-hydrogen) atoms. The van der Waals surface area contributed by atoms with Crippen molar-refractivity contribution in [2.75, 3.05) is 0 Å². The second kappa shape index (κ2) is 6.83. The molecule has 1 aromatic rings. The molecule has 0 bridgehead atoms. The van der Waals surface area contributed by atoms with Crippen molar-refractivity contribution in [1.82, 2.24) is 0 Å². The monoisotopic (exact) mass is 205 g/mol. The Hall–Kier alpha value is -0.167. The van der Waals surface area contributed by atoms with E-state index in [9.17, 15) is 6.63 Å². The summed E-state index contributed by atoms with van der Waals surface area (Å²) in [6.07, 6.45) is 0. The maximum Gasteiger partial charge on any atom is -0.172 e. The Kier molecular flexibility index (Phi) is 6.69. The van der Waals surface area contributed by atoms with E-state index in [1.807, 2.05) is 30.3 Å². The average molecular weight is 204 g/mol. The van der Waals surface area contributed by atoms with Crippen molar-refractivity contribution in [2.24, 2.45) is 0 Å². The Bertz CT molecular complexity index is 77.3. The van der Waals surface area contributed by atoms with Gasteiger partial charge in [-0.1, -0.05) is 0 Å². The van der Waals surface area contributed by atoms with Gasteiger partial charge in [0.1, 0.15) is 0 Å². The Balaban J connectivity index is 0.000000145. The molecule has 0 N–H and O–H groups in total. The van der Waals surface area contributed by atoms with E-state index in [0.717, 1.165) is 0 Å². The first-order chi connectivity index (χ1) is 3.91. The predicted octanol–water partition coefficient (Wildman–Crippen LogP) is 2.24. The van der Waals surface area contributed by atoms with Gasteiger partial charge in [-0.15, -0.1) is 0 Å². The summed E-state index contributed by atoms with van der Waals surface area (Å²) in [7, 11) is 0. The van der Waals surface area contributed by atoms with Gasteiger partial charge in [0.2, 0.25) is 0 Å². The molecule has 0 unspecified atom stereocenters. The first-order valence-electron chi connectivity index (χ1n) is 1.93. The molecular formula is C5H5F2Ru-. The summed E-state index contributed by atoms with van der Waals surface area (Å²) >= 11 is -2.29. The Morgan fingerprint density at radius 3 is 1.62 bits per heavy atom. The first kappa shape index (κ1) is 7.83. The van der Waals surface area contributed by atoms with Crippen LogP contribution in [0.1, 0.15) is 0 Å². The van der Waals surface area contributed by atoms with Crippen LogP contribution in [0, 0.1) is 0 Å². The van der Waals surface area contributed by atoms with Gasteiger partial charge in [0.25, 0.3) is 0 Å². The van der Waals surface area contributed by atoms with Gasteiger partial charge in [0, 0.05) is 0 Å². The molecule has 0 aliphatic carbocycles. The third-order valence-corrected chi connectivity index (χ3v) is 0.556. The molecule has 48 valence electrons. The molecule has 0 nitrogen and oxygen atoms in total. The zero-order valence-electron chi connectivity index (χ0n) is 4.00. The first-order valence-corrected chi connectivity index (χ1v) is 3.25. The normalized spacial score (nSPS) is 7.75. The number of hydrogen-bond acceptors (Lipinski definition) is 0. The van der Waals surface area contributed by atoms with E-state index >= 15 is 0 Å². The molecule has 0 spiro atoms. The fourth-order valence-electron chi connectivity index (χ4n) is 0.321. The van der Waals surface area contributed by atoms with Gasteiger partial charge in [0.05, 0.1) is 0 Å². The quantitative estimate of drug-likeness (QED) is 0.449.